The number of anilines is 1. The van der Waals surface area contributed by atoms with Crippen LogP contribution in [0.3, 0.4) is 0 Å². The van der Waals surface area contributed by atoms with Crippen LogP contribution in [0.2, 0.25) is 5.02 Å². The van der Waals surface area contributed by atoms with Crippen LogP contribution in [0.4, 0.5) is 5.69 Å². The van der Waals surface area contributed by atoms with Gasteiger partial charge in [0.15, 0.2) is 0 Å². The summed E-state index contributed by atoms with van der Waals surface area (Å²) in [6.07, 6.45) is 7.91. The lowest BCUT2D eigenvalue weighted by atomic mass is 9.65. The zero-order chi connectivity index (χ0) is 28.8. The van der Waals surface area contributed by atoms with Gasteiger partial charge in [0.25, 0.3) is 5.91 Å². The molecule has 222 valence electrons. The zero-order valence-corrected chi connectivity index (χ0v) is 25.6. The first-order valence-corrected chi connectivity index (χ1v) is 17.1. The molecule has 1 saturated heterocycles. The number of carbonyl (C=O) groups is 1. The fraction of sp³-hybridized carbons (Fsp3) is 0.594. The van der Waals surface area contributed by atoms with Crippen molar-refractivity contribution in [3.63, 3.8) is 0 Å². The second-order valence-electron chi connectivity index (χ2n) is 12.6. The summed E-state index contributed by atoms with van der Waals surface area (Å²) in [6.45, 7) is 6.54. The Morgan fingerprint density at radius 3 is 2.61 bits per heavy atom. The number of fused-ring (bicyclic) bond motifs is 4. The molecule has 1 saturated carbocycles. The average molecular weight is 601 g/mol. The van der Waals surface area contributed by atoms with E-state index in [9.17, 15) is 13.2 Å². The molecule has 1 N–H and O–H groups in total. The summed E-state index contributed by atoms with van der Waals surface area (Å²) in [5.74, 6) is 1.04. The number of amides is 1. The van der Waals surface area contributed by atoms with Gasteiger partial charge in [0.05, 0.1) is 23.1 Å². The predicted octanol–water partition coefficient (Wildman–Crippen LogP) is 6.13. The van der Waals surface area contributed by atoms with E-state index in [1.165, 1.54) is 12.0 Å². The lowest BCUT2D eigenvalue weighted by Crippen LogP contribution is -2.45. The maximum atomic E-state index is 13.3. The highest BCUT2D eigenvalue weighted by Gasteiger charge is 2.56. The highest BCUT2D eigenvalue weighted by molar-refractivity contribution is 7.90. The molecule has 2 aromatic rings. The SMILES string of the molecule is C[C@@H]1[C@@H](C)CCC[C@]2(CO2)[C@@H]2CC[C@H]2CN2CCCCc3cc(Cl)ccc3COc3ccc(cc32)C(=O)NS1(=O)=O. The minimum Gasteiger partial charge on any atom is -0.487 e. The summed E-state index contributed by atoms with van der Waals surface area (Å²) in [4.78, 5) is 15.7. The van der Waals surface area contributed by atoms with E-state index in [1.54, 1.807) is 13.0 Å². The van der Waals surface area contributed by atoms with E-state index in [4.69, 9.17) is 21.1 Å². The van der Waals surface area contributed by atoms with Gasteiger partial charge in [0.2, 0.25) is 10.0 Å². The van der Waals surface area contributed by atoms with Crippen LogP contribution in [0.25, 0.3) is 0 Å². The largest absolute Gasteiger partial charge is 0.487 e. The number of carbonyl (C=O) groups excluding carboxylic acids is 1. The summed E-state index contributed by atoms with van der Waals surface area (Å²) < 4.78 is 41.4. The quantitative estimate of drug-likeness (QED) is 0.366. The first kappa shape index (κ1) is 28.8. The molecule has 1 aliphatic carbocycles. The molecular weight excluding hydrogens is 560 g/mol. The van der Waals surface area contributed by atoms with Crippen LogP contribution in [0.5, 0.6) is 5.75 Å². The Bertz CT molecular complexity index is 1410. The van der Waals surface area contributed by atoms with Gasteiger partial charge < -0.3 is 14.4 Å². The van der Waals surface area contributed by atoms with Crippen LogP contribution in [-0.2, 0) is 27.8 Å². The number of ether oxygens (including phenoxy) is 2. The molecule has 41 heavy (non-hydrogen) atoms. The van der Waals surface area contributed by atoms with E-state index in [0.717, 1.165) is 80.9 Å². The maximum absolute atomic E-state index is 13.3. The van der Waals surface area contributed by atoms with Gasteiger partial charge in [-0.2, -0.15) is 0 Å². The molecule has 4 aliphatic rings. The minimum atomic E-state index is -3.84. The molecule has 1 amide bonds. The van der Waals surface area contributed by atoms with Crippen LogP contribution < -0.4 is 14.4 Å². The Labute approximate surface area is 249 Å². The van der Waals surface area contributed by atoms with Crippen molar-refractivity contribution in [3.05, 3.63) is 58.1 Å². The number of nitrogens with one attached hydrogen (secondary N) is 1. The van der Waals surface area contributed by atoms with Crippen molar-refractivity contribution in [1.82, 2.24) is 4.72 Å². The molecule has 2 bridgehead atoms. The van der Waals surface area contributed by atoms with Crippen molar-refractivity contribution in [2.75, 3.05) is 24.6 Å². The molecule has 0 aromatic heterocycles. The maximum Gasteiger partial charge on any atom is 0.264 e. The van der Waals surface area contributed by atoms with E-state index in [1.807, 2.05) is 37.3 Å². The molecule has 0 radical (unpaired) electrons. The van der Waals surface area contributed by atoms with Gasteiger partial charge in [-0.1, -0.05) is 31.0 Å². The first-order valence-electron chi connectivity index (χ1n) is 15.1. The summed E-state index contributed by atoms with van der Waals surface area (Å²) in [7, 11) is -3.84. The Kier molecular flexibility index (Phi) is 8.02. The van der Waals surface area contributed by atoms with Crippen LogP contribution >= 0.6 is 11.6 Å². The van der Waals surface area contributed by atoms with E-state index in [-0.39, 0.29) is 11.5 Å². The lowest BCUT2D eigenvalue weighted by molar-refractivity contribution is 0.0649. The number of epoxide rings is 1. The molecule has 6 rings (SSSR count). The predicted molar refractivity (Wildman–Crippen MR) is 161 cm³/mol. The minimum absolute atomic E-state index is 0.0628. The fourth-order valence-corrected chi connectivity index (χ4v) is 8.53. The van der Waals surface area contributed by atoms with Gasteiger partial charge in [-0.05, 0) is 111 Å². The standard InChI is InChI=1S/C32H41ClN2O5S/c1-21-6-5-14-32(20-40-32)28-12-9-25(28)18-35-15-4-3-7-23-16-27(33)11-8-26(23)19-39-30-13-10-24(17-29(30)35)31(36)34-41(37,38)22(21)2/h8,10-11,13,16-17,21-22,25,28H,3-7,9,12,14-15,18-20H2,1-2H3,(H,34,36)/t21-,22+,25-,28+,32-/m0/s1. The summed E-state index contributed by atoms with van der Waals surface area (Å²) in [6, 6.07) is 11.3. The molecule has 3 heterocycles. The summed E-state index contributed by atoms with van der Waals surface area (Å²) in [5, 5.41) is 0.0480. The molecule has 3 aliphatic heterocycles. The van der Waals surface area contributed by atoms with Gasteiger partial charge >= 0.3 is 0 Å². The van der Waals surface area contributed by atoms with Gasteiger partial charge in [-0.25, -0.2) is 13.1 Å². The van der Waals surface area contributed by atoms with Crippen molar-refractivity contribution >= 4 is 33.2 Å². The van der Waals surface area contributed by atoms with Gasteiger partial charge in [-0.15, -0.1) is 0 Å². The topological polar surface area (TPSA) is 88.2 Å². The number of sulfonamides is 1. The Morgan fingerprint density at radius 1 is 1.02 bits per heavy atom. The number of halogens is 1. The summed E-state index contributed by atoms with van der Waals surface area (Å²) in [5.41, 5.74) is 3.41. The van der Waals surface area contributed by atoms with Crippen molar-refractivity contribution < 1.29 is 22.7 Å². The molecule has 5 atom stereocenters. The van der Waals surface area contributed by atoms with E-state index in [0.29, 0.717) is 29.8 Å². The average Bonchev–Trinajstić information content (AvgIpc) is 3.69. The number of aryl methyl sites for hydroxylation is 1. The Balaban J connectivity index is 1.38. The van der Waals surface area contributed by atoms with Crippen molar-refractivity contribution in [3.8, 4) is 5.75 Å². The third-order valence-electron chi connectivity index (χ3n) is 10.1. The fourth-order valence-electron chi connectivity index (χ4n) is 7.02. The Morgan fingerprint density at radius 2 is 1.85 bits per heavy atom. The van der Waals surface area contributed by atoms with Crippen LogP contribution in [0, 0.1) is 17.8 Å². The molecule has 1 spiro atoms. The third-order valence-corrected chi connectivity index (χ3v) is 12.2. The number of hydrogen-bond acceptors (Lipinski definition) is 6. The van der Waals surface area contributed by atoms with E-state index in [2.05, 4.69) is 9.62 Å². The number of hydrogen-bond donors (Lipinski definition) is 1. The van der Waals surface area contributed by atoms with Gasteiger partial charge in [0.1, 0.15) is 12.4 Å². The highest BCUT2D eigenvalue weighted by Crippen LogP contribution is 2.53. The number of benzene rings is 2. The molecule has 2 fully saturated rings. The molecular formula is C32H41ClN2O5S. The second-order valence-corrected chi connectivity index (χ2v) is 15.1. The summed E-state index contributed by atoms with van der Waals surface area (Å²) >= 11 is 6.32. The normalized spacial score (nSPS) is 31.9. The second kappa shape index (κ2) is 11.4. The number of rotatable bonds is 0. The van der Waals surface area contributed by atoms with Crippen molar-refractivity contribution in [1.29, 1.82) is 0 Å². The Hall–Kier alpha value is -2.29. The zero-order valence-electron chi connectivity index (χ0n) is 24.0. The molecule has 2 aromatic carbocycles. The third kappa shape index (κ3) is 5.98. The lowest BCUT2D eigenvalue weighted by Gasteiger charge is -2.44. The van der Waals surface area contributed by atoms with Gasteiger partial charge in [-0.3, -0.25) is 4.79 Å². The van der Waals surface area contributed by atoms with Crippen molar-refractivity contribution in [2.24, 2.45) is 17.8 Å². The highest BCUT2D eigenvalue weighted by atomic mass is 35.5. The monoisotopic (exact) mass is 600 g/mol. The van der Waals surface area contributed by atoms with E-state index < -0.39 is 21.2 Å². The molecule has 7 nitrogen and oxygen atoms in total. The van der Waals surface area contributed by atoms with Crippen LogP contribution in [0.1, 0.15) is 80.3 Å². The van der Waals surface area contributed by atoms with Gasteiger partial charge in [0, 0.05) is 23.7 Å². The van der Waals surface area contributed by atoms with Crippen molar-refractivity contribution in [2.45, 2.75) is 82.7 Å². The van der Waals surface area contributed by atoms with E-state index >= 15 is 0 Å². The molecule has 0 unspecified atom stereocenters. The van der Waals surface area contributed by atoms with Crippen LogP contribution in [0.15, 0.2) is 36.4 Å². The van der Waals surface area contributed by atoms with Crippen LogP contribution in [-0.4, -0.2) is 44.9 Å². The molecule has 9 heteroatoms. The first-order chi connectivity index (χ1) is 19.6. The number of nitrogens with zero attached hydrogens (tertiary/aromatic N) is 1. The smallest absolute Gasteiger partial charge is 0.264 e.